The molecule has 0 bridgehead atoms. The Labute approximate surface area is 170 Å². The van der Waals surface area contributed by atoms with Crippen LogP contribution >= 0.6 is 0 Å². The summed E-state index contributed by atoms with van der Waals surface area (Å²) in [7, 11) is -4.06. The largest absolute Gasteiger partial charge is 0.494 e. The Balaban J connectivity index is 1.78. The summed E-state index contributed by atoms with van der Waals surface area (Å²) in [4.78, 5) is 12.4. The lowest BCUT2D eigenvalue weighted by Gasteiger charge is -2.21. The lowest BCUT2D eigenvalue weighted by atomic mass is 9.96. The van der Waals surface area contributed by atoms with Crippen molar-refractivity contribution in [3.05, 3.63) is 53.8 Å². The van der Waals surface area contributed by atoms with Gasteiger partial charge < -0.3 is 9.15 Å². The summed E-state index contributed by atoms with van der Waals surface area (Å²) in [6.07, 6.45) is 3.95. The highest BCUT2D eigenvalue weighted by Crippen LogP contribution is 2.35. The van der Waals surface area contributed by atoms with E-state index in [1.54, 1.807) is 30.3 Å². The number of ether oxygens (including phenoxy) is 1. The Morgan fingerprint density at radius 1 is 1.10 bits per heavy atom. The topological polar surface area (TPSA) is 76.8 Å². The highest BCUT2D eigenvalue weighted by atomic mass is 32.2. The molecule has 152 valence electrons. The summed E-state index contributed by atoms with van der Waals surface area (Å²) in [5.74, 6) is 0.968. The van der Waals surface area contributed by atoms with Crippen molar-refractivity contribution in [2.24, 2.45) is 0 Å². The summed E-state index contributed by atoms with van der Waals surface area (Å²) in [5.41, 5.74) is 2.16. The molecular weight excluding hydrogens is 390 g/mol. The predicted octanol–water partition coefficient (Wildman–Crippen LogP) is 4.45. The molecule has 1 aliphatic carbocycles. The van der Waals surface area contributed by atoms with Crippen LogP contribution in [0.15, 0.2) is 51.8 Å². The molecule has 0 saturated carbocycles. The van der Waals surface area contributed by atoms with Gasteiger partial charge in [0.15, 0.2) is 0 Å². The lowest BCUT2D eigenvalue weighted by molar-refractivity contribution is -0.115. The summed E-state index contributed by atoms with van der Waals surface area (Å²) < 4.78 is 38.6. The van der Waals surface area contributed by atoms with Crippen LogP contribution < -0.4 is 9.04 Å². The van der Waals surface area contributed by atoms with Crippen molar-refractivity contribution >= 4 is 32.6 Å². The number of carbonyl (C=O) groups is 1. The Hall–Kier alpha value is -2.80. The van der Waals surface area contributed by atoms with Gasteiger partial charge in [0.25, 0.3) is 10.0 Å². The molecule has 1 aromatic heterocycles. The molecule has 4 rings (SSSR count). The average molecular weight is 413 g/mol. The van der Waals surface area contributed by atoms with Gasteiger partial charge in [-0.3, -0.25) is 4.79 Å². The number of anilines is 1. The molecule has 0 N–H and O–H groups in total. The van der Waals surface area contributed by atoms with E-state index in [0.29, 0.717) is 18.0 Å². The van der Waals surface area contributed by atoms with E-state index in [-0.39, 0.29) is 4.90 Å². The van der Waals surface area contributed by atoms with Gasteiger partial charge in [-0.05, 0) is 68.7 Å². The fourth-order valence-electron chi connectivity index (χ4n) is 3.85. The third-order valence-corrected chi connectivity index (χ3v) is 6.95. The van der Waals surface area contributed by atoms with Crippen LogP contribution in [0.3, 0.4) is 0 Å². The fraction of sp³-hybridized carbons (Fsp3) is 0.318. The second-order valence-corrected chi connectivity index (χ2v) is 8.87. The number of hydrogen-bond donors (Lipinski definition) is 0. The van der Waals surface area contributed by atoms with Gasteiger partial charge in [-0.15, -0.1) is 0 Å². The van der Waals surface area contributed by atoms with Crippen LogP contribution in [0.5, 0.6) is 5.75 Å². The molecule has 3 aromatic rings. The van der Waals surface area contributed by atoms with E-state index in [2.05, 4.69) is 0 Å². The first-order valence-electron chi connectivity index (χ1n) is 9.75. The van der Waals surface area contributed by atoms with Crippen molar-refractivity contribution in [3.8, 4) is 5.75 Å². The molecule has 0 saturated heterocycles. The number of sulfonamides is 1. The number of hydrogen-bond acceptors (Lipinski definition) is 5. The first kappa shape index (κ1) is 19.5. The number of rotatable bonds is 5. The SMILES string of the molecule is CCOc1ccc(S(=O)(=O)N(C(C)=O)c2ccc3oc4c(c3c2)CCCC4)cc1. The molecule has 0 atom stereocenters. The fourth-order valence-corrected chi connectivity index (χ4v) is 5.27. The van der Waals surface area contributed by atoms with Crippen LogP contribution in [-0.4, -0.2) is 20.9 Å². The third kappa shape index (κ3) is 3.51. The van der Waals surface area contributed by atoms with E-state index < -0.39 is 15.9 Å². The zero-order chi connectivity index (χ0) is 20.6. The van der Waals surface area contributed by atoms with Crippen LogP contribution in [0, 0.1) is 0 Å². The van der Waals surface area contributed by atoms with Crippen LogP contribution in [-0.2, 0) is 27.7 Å². The molecule has 0 unspecified atom stereocenters. The maximum absolute atomic E-state index is 13.2. The Kier molecular flexibility index (Phi) is 5.08. The van der Waals surface area contributed by atoms with Crippen LogP contribution in [0.25, 0.3) is 11.0 Å². The van der Waals surface area contributed by atoms with Crippen molar-refractivity contribution in [2.45, 2.75) is 44.4 Å². The number of nitrogens with zero attached hydrogens (tertiary/aromatic N) is 1. The van der Waals surface area contributed by atoms with Crippen LogP contribution in [0.4, 0.5) is 5.69 Å². The van der Waals surface area contributed by atoms with Gasteiger partial charge in [0.05, 0.1) is 17.2 Å². The molecule has 1 amide bonds. The summed E-state index contributed by atoms with van der Waals surface area (Å²) in [6, 6.07) is 11.2. The Bertz CT molecular complexity index is 1160. The molecule has 1 aliphatic rings. The summed E-state index contributed by atoms with van der Waals surface area (Å²) in [5, 5.41) is 0.880. The molecule has 0 radical (unpaired) electrons. The quantitative estimate of drug-likeness (QED) is 0.617. The van der Waals surface area contributed by atoms with Crippen molar-refractivity contribution < 1.29 is 22.4 Å². The van der Waals surface area contributed by atoms with E-state index in [4.69, 9.17) is 9.15 Å². The Morgan fingerprint density at radius 3 is 2.52 bits per heavy atom. The monoisotopic (exact) mass is 413 g/mol. The number of furan rings is 1. The van der Waals surface area contributed by atoms with E-state index in [0.717, 1.165) is 52.3 Å². The number of benzene rings is 2. The minimum absolute atomic E-state index is 0.0328. The number of carbonyl (C=O) groups excluding carboxylic acids is 1. The molecule has 29 heavy (non-hydrogen) atoms. The Morgan fingerprint density at radius 2 is 1.83 bits per heavy atom. The van der Waals surface area contributed by atoms with E-state index >= 15 is 0 Å². The van der Waals surface area contributed by atoms with Crippen molar-refractivity contribution in [1.82, 2.24) is 0 Å². The first-order valence-corrected chi connectivity index (χ1v) is 11.2. The molecular formula is C22H23NO5S. The van der Waals surface area contributed by atoms with Gasteiger partial charge in [-0.2, -0.15) is 0 Å². The number of aryl methyl sites for hydroxylation is 2. The van der Waals surface area contributed by atoms with Gasteiger partial charge in [0.1, 0.15) is 17.1 Å². The van der Waals surface area contributed by atoms with Gasteiger partial charge in [0, 0.05) is 24.3 Å². The van der Waals surface area contributed by atoms with E-state index in [1.807, 2.05) is 6.92 Å². The lowest BCUT2D eigenvalue weighted by Crippen LogP contribution is -2.35. The highest BCUT2D eigenvalue weighted by Gasteiger charge is 2.30. The van der Waals surface area contributed by atoms with Gasteiger partial charge in [-0.1, -0.05) is 0 Å². The number of fused-ring (bicyclic) bond motifs is 3. The minimum atomic E-state index is -4.06. The van der Waals surface area contributed by atoms with Crippen LogP contribution in [0.2, 0.25) is 0 Å². The van der Waals surface area contributed by atoms with Crippen molar-refractivity contribution in [2.75, 3.05) is 10.9 Å². The molecule has 6 nitrogen and oxygen atoms in total. The second kappa shape index (κ2) is 7.55. The molecule has 7 heteroatoms. The first-order chi connectivity index (χ1) is 13.9. The zero-order valence-corrected chi connectivity index (χ0v) is 17.3. The van der Waals surface area contributed by atoms with E-state index in [1.165, 1.54) is 19.1 Å². The summed E-state index contributed by atoms with van der Waals surface area (Å²) in [6.45, 7) is 3.59. The molecule has 0 aliphatic heterocycles. The minimum Gasteiger partial charge on any atom is -0.494 e. The number of amides is 1. The predicted molar refractivity (Wildman–Crippen MR) is 111 cm³/mol. The molecule has 1 heterocycles. The van der Waals surface area contributed by atoms with Crippen molar-refractivity contribution in [3.63, 3.8) is 0 Å². The summed E-state index contributed by atoms with van der Waals surface area (Å²) >= 11 is 0. The highest BCUT2D eigenvalue weighted by molar-refractivity contribution is 7.93. The smallest absolute Gasteiger partial charge is 0.270 e. The normalized spacial score (nSPS) is 13.9. The van der Waals surface area contributed by atoms with Gasteiger partial charge >= 0.3 is 0 Å². The van der Waals surface area contributed by atoms with Gasteiger partial charge in [-0.25, -0.2) is 12.7 Å². The average Bonchev–Trinajstić information content (AvgIpc) is 3.06. The standard InChI is InChI=1S/C22H23NO5S/c1-3-27-17-9-11-18(12-10-17)29(25,26)23(15(2)24)16-8-13-22-20(14-16)19-6-4-5-7-21(19)28-22/h8-14H,3-7H2,1-2H3. The molecule has 0 spiro atoms. The third-order valence-electron chi connectivity index (χ3n) is 5.13. The molecule has 0 fully saturated rings. The van der Waals surface area contributed by atoms with E-state index in [9.17, 15) is 13.2 Å². The van der Waals surface area contributed by atoms with Crippen molar-refractivity contribution in [1.29, 1.82) is 0 Å². The molecule has 2 aromatic carbocycles. The second-order valence-electron chi connectivity index (χ2n) is 7.08. The van der Waals surface area contributed by atoms with Gasteiger partial charge in [0.2, 0.25) is 5.91 Å². The maximum atomic E-state index is 13.2. The zero-order valence-electron chi connectivity index (χ0n) is 16.5. The maximum Gasteiger partial charge on any atom is 0.270 e. The van der Waals surface area contributed by atoms with Crippen LogP contribution in [0.1, 0.15) is 38.0 Å².